The van der Waals surface area contributed by atoms with E-state index < -0.39 is 0 Å². The van der Waals surface area contributed by atoms with Gasteiger partial charge in [0.05, 0.1) is 4.24 Å². The van der Waals surface area contributed by atoms with Crippen molar-refractivity contribution in [2.75, 3.05) is 0 Å². The summed E-state index contributed by atoms with van der Waals surface area (Å²) in [5, 5.41) is 19.5. The fourth-order valence-electron chi connectivity index (χ4n) is 1.88. The van der Waals surface area contributed by atoms with E-state index in [1.807, 2.05) is 48.5 Å². The van der Waals surface area contributed by atoms with Crippen molar-refractivity contribution >= 4 is 33.3 Å². The van der Waals surface area contributed by atoms with E-state index in [1.165, 1.54) is 14.0 Å². The topological polar surface area (TPSA) is 47.6 Å². The van der Waals surface area contributed by atoms with Gasteiger partial charge in [0.2, 0.25) is 0 Å². The molecule has 1 heterocycles. The molecule has 0 amide bonds. The lowest BCUT2D eigenvalue weighted by Crippen LogP contribution is -2.10. The lowest BCUT2D eigenvalue weighted by molar-refractivity contribution is 1.27. The molecule has 0 N–H and O–H groups in total. The van der Waals surface area contributed by atoms with Crippen molar-refractivity contribution in [3.8, 4) is 12.1 Å². The Kier molecular flexibility index (Phi) is 3.52. The Hall–Kier alpha value is -2.14. The predicted octanol–water partition coefficient (Wildman–Crippen LogP) is 2.85. The zero-order valence-corrected chi connectivity index (χ0v) is 12.0. The Bertz CT molecular complexity index is 819. The summed E-state index contributed by atoms with van der Waals surface area (Å²) in [6.45, 7) is 0. The SMILES string of the molecule is N#CC(C#N)=c1ccc(=C2Sc3ccccc3S2)cc1. The van der Waals surface area contributed by atoms with Crippen molar-refractivity contribution in [3.63, 3.8) is 0 Å². The van der Waals surface area contributed by atoms with Crippen molar-refractivity contribution in [2.24, 2.45) is 0 Å². The lowest BCUT2D eigenvalue weighted by atomic mass is 10.2. The van der Waals surface area contributed by atoms with E-state index in [2.05, 4.69) is 12.1 Å². The molecule has 2 aromatic rings. The molecule has 0 aliphatic carbocycles. The van der Waals surface area contributed by atoms with Crippen LogP contribution in [0.1, 0.15) is 0 Å². The van der Waals surface area contributed by atoms with Gasteiger partial charge < -0.3 is 0 Å². The standard InChI is InChI=1S/C16H8N2S2/c17-9-13(10-18)11-5-7-12(8-6-11)16-19-14-3-1-2-4-15(14)20-16/h1-8H. The minimum atomic E-state index is 0.150. The molecule has 3 rings (SSSR count). The first-order chi connectivity index (χ1) is 9.81. The van der Waals surface area contributed by atoms with E-state index in [0.29, 0.717) is 5.22 Å². The van der Waals surface area contributed by atoms with Crippen LogP contribution in [0.3, 0.4) is 0 Å². The molecular weight excluding hydrogens is 284 g/mol. The Morgan fingerprint density at radius 3 is 1.85 bits per heavy atom. The van der Waals surface area contributed by atoms with Gasteiger partial charge in [-0.05, 0) is 17.4 Å². The molecule has 0 bridgehead atoms. The Balaban J connectivity index is 2.07. The second kappa shape index (κ2) is 5.46. The fraction of sp³-hybridized carbons (Fsp3) is 0. The van der Waals surface area contributed by atoms with Crippen LogP contribution in [0.2, 0.25) is 0 Å². The van der Waals surface area contributed by atoms with Crippen LogP contribution in [0.15, 0.2) is 58.3 Å². The molecule has 20 heavy (non-hydrogen) atoms. The maximum absolute atomic E-state index is 8.86. The van der Waals surface area contributed by atoms with Crippen LogP contribution < -0.4 is 10.4 Å². The van der Waals surface area contributed by atoms with E-state index in [1.54, 1.807) is 23.5 Å². The molecule has 1 aliphatic rings. The summed E-state index contributed by atoms with van der Waals surface area (Å²) >= 11 is 3.52. The highest BCUT2D eigenvalue weighted by atomic mass is 32.2. The average molecular weight is 292 g/mol. The molecule has 94 valence electrons. The summed E-state index contributed by atoms with van der Waals surface area (Å²) in [7, 11) is 0. The summed E-state index contributed by atoms with van der Waals surface area (Å²) in [4.78, 5) is 2.55. The number of rotatable bonds is 0. The Labute approximate surface area is 125 Å². The van der Waals surface area contributed by atoms with Crippen molar-refractivity contribution in [1.29, 1.82) is 10.5 Å². The summed E-state index contributed by atoms with van der Waals surface area (Å²) in [6, 6.07) is 19.7. The van der Waals surface area contributed by atoms with Crippen LogP contribution in [0.5, 0.6) is 0 Å². The predicted molar refractivity (Wildman–Crippen MR) is 81.9 cm³/mol. The highest BCUT2D eigenvalue weighted by Gasteiger charge is 2.16. The molecule has 0 saturated heterocycles. The van der Waals surface area contributed by atoms with Gasteiger partial charge in [0, 0.05) is 15.0 Å². The van der Waals surface area contributed by atoms with Gasteiger partial charge in [-0.1, -0.05) is 59.9 Å². The average Bonchev–Trinajstić information content (AvgIpc) is 2.93. The summed E-state index contributed by atoms with van der Waals surface area (Å²) in [5.74, 6) is 0. The van der Waals surface area contributed by atoms with Gasteiger partial charge in [-0.2, -0.15) is 10.5 Å². The van der Waals surface area contributed by atoms with Gasteiger partial charge in [0.25, 0.3) is 0 Å². The molecule has 0 spiro atoms. The molecule has 0 fully saturated rings. The molecule has 0 unspecified atom stereocenters. The highest BCUT2D eigenvalue weighted by molar-refractivity contribution is 8.32. The number of hydrogen-bond donors (Lipinski definition) is 0. The fourth-order valence-corrected chi connectivity index (χ4v) is 4.38. The van der Waals surface area contributed by atoms with Crippen LogP contribution in [-0.2, 0) is 0 Å². The monoisotopic (exact) mass is 292 g/mol. The van der Waals surface area contributed by atoms with Crippen LogP contribution in [0, 0.1) is 22.7 Å². The molecule has 0 atom stereocenters. The number of nitrogens with zero attached hydrogens (tertiary/aromatic N) is 2. The largest absolute Gasteiger partial charge is 0.192 e. The first-order valence-corrected chi connectivity index (χ1v) is 7.55. The van der Waals surface area contributed by atoms with Crippen molar-refractivity contribution in [1.82, 2.24) is 0 Å². The Morgan fingerprint density at radius 2 is 1.35 bits per heavy atom. The summed E-state index contributed by atoms with van der Waals surface area (Å²) in [6.07, 6.45) is 0. The van der Waals surface area contributed by atoms with Crippen LogP contribution in [-0.4, -0.2) is 0 Å². The molecule has 1 aliphatic heterocycles. The van der Waals surface area contributed by atoms with Crippen LogP contribution >= 0.6 is 23.5 Å². The molecule has 2 aromatic carbocycles. The van der Waals surface area contributed by atoms with Gasteiger partial charge in [0.1, 0.15) is 17.7 Å². The minimum Gasteiger partial charge on any atom is -0.192 e. The maximum Gasteiger partial charge on any atom is 0.136 e. The van der Waals surface area contributed by atoms with Gasteiger partial charge in [-0.15, -0.1) is 0 Å². The quantitative estimate of drug-likeness (QED) is 0.749. The van der Waals surface area contributed by atoms with E-state index >= 15 is 0 Å². The molecular formula is C16H8N2S2. The van der Waals surface area contributed by atoms with Crippen LogP contribution in [0.25, 0.3) is 9.81 Å². The number of fused-ring (bicyclic) bond motifs is 1. The first-order valence-electron chi connectivity index (χ1n) is 5.91. The van der Waals surface area contributed by atoms with Crippen molar-refractivity contribution in [3.05, 3.63) is 59.0 Å². The van der Waals surface area contributed by atoms with E-state index in [-0.39, 0.29) is 5.57 Å². The first kappa shape index (κ1) is 12.9. The van der Waals surface area contributed by atoms with Gasteiger partial charge >= 0.3 is 0 Å². The number of nitriles is 2. The minimum absolute atomic E-state index is 0.150. The number of hydrogen-bond acceptors (Lipinski definition) is 4. The van der Waals surface area contributed by atoms with E-state index in [0.717, 1.165) is 5.22 Å². The molecule has 0 saturated carbocycles. The van der Waals surface area contributed by atoms with Gasteiger partial charge in [-0.25, -0.2) is 0 Å². The molecule has 4 heteroatoms. The van der Waals surface area contributed by atoms with E-state index in [9.17, 15) is 0 Å². The molecule has 0 aromatic heterocycles. The smallest absolute Gasteiger partial charge is 0.136 e. The Morgan fingerprint density at radius 1 is 0.800 bits per heavy atom. The van der Waals surface area contributed by atoms with Crippen LogP contribution in [0.4, 0.5) is 0 Å². The maximum atomic E-state index is 8.86. The second-order valence-corrected chi connectivity index (χ2v) is 6.48. The van der Waals surface area contributed by atoms with E-state index in [4.69, 9.17) is 10.5 Å². The molecule has 0 radical (unpaired) electrons. The molecule has 2 nitrogen and oxygen atoms in total. The summed E-state index contributed by atoms with van der Waals surface area (Å²) < 4.78 is 1.23. The van der Waals surface area contributed by atoms with Crippen molar-refractivity contribution in [2.45, 2.75) is 9.79 Å². The zero-order valence-electron chi connectivity index (χ0n) is 10.3. The second-order valence-electron chi connectivity index (χ2n) is 4.11. The third kappa shape index (κ3) is 2.32. The highest BCUT2D eigenvalue weighted by Crippen LogP contribution is 2.51. The lowest BCUT2D eigenvalue weighted by Gasteiger charge is -1.94. The third-order valence-corrected chi connectivity index (χ3v) is 5.51. The third-order valence-electron chi connectivity index (χ3n) is 2.89. The number of benzene rings is 2. The normalized spacial score (nSPS) is 12.4. The number of thioether (sulfide) groups is 2. The van der Waals surface area contributed by atoms with Gasteiger partial charge in [0.15, 0.2) is 0 Å². The van der Waals surface area contributed by atoms with Crippen molar-refractivity contribution < 1.29 is 0 Å². The summed E-state index contributed by atoms with van der Waals surface area (Å²) in [5.41, 5.74) is 0.150. The zero-order chi connectivity index (χ0) is 13.9. The van der Waals surface area contributed by atoms with Gasteiger partial charge in [-0.3, -0.25) is 0 Å².